The second kappa shape index (κ2) is 9.81. The monoisotopic (exact) mass is 564 g/mol. The quantitative estimate of drug-likeness (QED) is 0.327. The molecular formula is C22H20ClF3N2O4S3. The van der Waals surface area contributed by atoms with Crippen molar-refractivity contribution in [3.05, 3.63) is 51.1 Å². The van der Waals surface area contributed by atoms with Crippen molar-refractivity contribution in [2.45, 2.75) is 48.7 Å². The lowest BCUT2D eigenvalue weighted by Gasteiger charge is -2.32. The number of sulfonamides is 1. The van der Waals surface area contributed by atoms with E-state index in [1.807, 2.05) is 0 Å². The molecule has 0 spiro atoms. The molecule has 0 amide bonds. The van der Waals surface area contributed by atoms with E-state index in [0.29, 0.717) is 39.9 Å². The number of halogens is 4. The van der Waals surface area contributed by atoms with E-state index in [2.05, 4.69) is 9.72 Å². The number of nitrogens with zero attached hydrogens (tertiary/aromatic N) is 2. The fourth-order valence-corrected chi connectivity index (χ4v) is 8.25. The number of aryl methyl sites for hydroxylation is 1. The minimum Gasteiger partial charge on any atom is -0.406 e. The molecule has 0 N–H and O–H groups in total. The van der Waals surface area contributed by atoms with E-state index in [9.17, 15) is 26.4 Å². The van der Waals surface area contributed by atoms with Crippen LogP contribution in [0.3, 0.4) is 0 Å². The maximum Gasteiger partial charge on any atom is 0.573 e. The van der Waals surface area contributed by atoms with Crippen molar-refractivity contribution in [1.82, 2.24) is 9.29 Å². The van der Waals surface area contributed by atoms with Gasteiger partial charge in [-0.2, -0.15) is 4.31 Å². The molecule has 3 aromatic rings. The van der Waals surface area contributed by atoms with Gasteiger partial charge in [-0.05, 0) is 56.2 Å². The molecule has 1 fully saturated rings. The van der Waals surface area contributed by atoms with Crippen molar-refractivity contribution >= 4 is 50.1 Å². The lowest BCUT2D eigenvalue weighted by Crippen LogP contribution is -2.50. The predicted octanol–water partition coefficient (Wildman–Crippen LogP) is 6.17. The summed E-state index contributed by atoms with van der Waals surface area (Å²) in [7, 11) is -3.85. The summed E-state index contributed by atoms with van der Waals surface area (Å²) < 4.78 is 68.9. The van der Waals surface area contributed by atoms with Crippen LogP contribution in [0.25, 0.3) is 11.3 Å². The number of rotatable bonds is 8. The molecule has 35 heavy (non-hydrogen) atoms. The predicted molar refractivity (Wildman–Crippen MR) is 128 cm³/mol. The fourth-order valence-electron chi connectivity index (χ4n) is 4.02. The van der Waals surface area contributed by atoms with Gasteiger partial charge in [-0.3, -0.25) is 4.79 Å². The first-order valence-corrected chi connectivity index (χ1v) is 14.0. The summed E-state index contributed by atoms with van der Waals surface area (Å²) in [5.74, 6) is -0.511. The Hall–Kier alpha value is -1.99. The van der Waals surface area contributed by atoms with Crippen LogP contribution >= 0.6 is 34.3 Å². The standard InChI is InChI=1S/C22H20ClF3N2O4S3/c1-21(11-2-12-28(21)35(30,31)20-10-8-18(23)34-20)17(29)7-9-19-27-16(13-33-19)14-3-5-15(6-4-14)32-22(24,25)26/h3-6,8,10,13H,2,7,9,11-12H2,1H3/t21-/m0/s1. The number of thiazole rings is 1. The number of hydrogen-bond donors (Lipinski definition) is 0. The number of carbonyl (C=O) groups excluding carboxylic acids is 1. The molecule has 0 aliphatic carbocycles. The van der Waals surface area contributed by atoms with Gasteiger partial charge in [0.15, 0.2) is 5.78 Å². The molecule has 1 aliphatic rings. The van der Waals surface area contributed by atoms with Crippen molar-refractivity contribution < 1.29 is 31.1 Å². The van der Waals surface area contributed by atoms with E-state index in [4.69, 9.17) is 11.6 Å². The molecule has 3 heterocycles. The molecule has 1 aromatic carbocycles. The number of hydrogen-bond acceptors (Lipinski definition) is 7. The van der Waals surface area contributed by atoms with E-state index in [-0.39, 0.29) is 28.7 Å². The summed E-state index contributed by atoms with van der Waals surface area (Å²) in [5.41, 5.74) is 0.0359. The van der Waals surface area contributed by atoms with E-state index >= 15 is 0 Å². The summed E-state index contributed by atoms with van der Waals surface area (Å²) in [6.07, 6.45) is -3.31. The highest BCUT2D eigenvalue weighted by molar-refractivity contribution is 7.91. The molecule has 188 valence electrons. The maximum atomic E-state index is 13.2. The third-order valence-electron chi connectivity index (χ3n) is 5.77. The SMILES string of the molecule is C[C@@]1(C(=O)CCc2nc(-c3ccc(OC(F)(F)F)cc3)cs2)CCCN1S(=O)(=O)c1ccc(Cl)s1. The van der Waals surface area contributed by atoms with Crippen molar-refractivity contribution in [3.8, 4) is 17.0 Å². The zero-order chi connectivity index (χ0) is 25.4. The lowest BCUT2D eigenvalue weighted by atomic mass is 9.92. The Balaban J connectivity index is 1.42. The molecule has 1 saturated heterocycles. The second-order valence-electron chi connectivity index (χ2n) is 8.13. The van der Waals surface area contributed by atoms with Crippen LogP contribution in [0.5, 0.6) is 5.75 Å². The van der Waals surface area contributed by atoms with Crippen LogP contribution in [-0.2, 0) is 21.2 Å². The topological polar surface area (TPSA) is 76.6 Å². The number of ketones is 1. The van der Waals surface area contributed by atoms with Gasteiger partial charge in [0.05, 0.1) is 20.6 Å². The number of alkyl halides is 3. The van der Waals surface area contributed by atoms with Crippen LogP contribution < -0.4 is 4.74 Å². The lowest BCUT2D eigenvalue weighted by molar-refractivity contribution is -0.274. The van der Waals surface area contributed by atoms with Gasteiger partial charge in [-0.1, -0.05) is 11.6 Å². The van der Waals surface area contributed by atoms with E-state index in [0.717, 1.165) is 11.3 Å². The number of Topliss-reactive ketones (excluding diaryl/α,β-unsaturated/α-hetero) is 1. The number of ether oxygens (including phenoxy) is 1. The zero-order valence-corrected chi connectivity index (χ0v) is 21.5. The van der Waals surface area contributed by atoms with Crippen LogP contribution in [0.15, 0.2) is 46.0 Å². The number of thiophene rings is 1. The number of benzene rings is 1. The Labute approximate surface area is 213 Å². The molecule has 13 heteroatoms. The van der Waals surface area contributed by atoms with E-state index in [1.54, 1.807) is 12.3 Å². The van der Waals surface area contributed by atoms with Crippen LogP contribution in [0, 0.1) is 0 Å². The molecule has 0 saturated carbocycles. The van der Waals surface area contributed by atoms with Gasteiger partial charge < -0.3 is 4.74 Å². The van der Waals surface area contributed by atoms with Gasteiger partial charge in [0, 0.05) is 30.3 Å². The molecule has 1 atom stereocenters. The zero-order valence-electron chi connectivity index (χ0n) is 18.3. The minimum atomic E-state index is -4.76. The normalized spacial score (nSPS) is 19.2. The van der Waals surface area contributed by atoms with Crippen LogP contribution in [-0.4, -0.2) is 41.9 Å². The third-order valence-corrected chi connectivity index (χ3v) is 10.4. The molecule has 1 aliphatic heterocycles. The molecule has 0 unspecified atom stereocenters. The van der Waals surface area contributed by atoms with Crippen molar-refractivity contribution in [3.63, 3.8) is 0 Å². The smallest absolute Gasteiger partial charge is 0.406 e. The summed E-state index contributed by atoms with van der Waals surface area (Å²) in [6.45, 7) is 1.92. The first-order valence-electron chi connectivity index (χ1n) is 10.5. The Morgan fingerprint density at radius 3 is 2.57 bits per heavy atom. The van der Waals surface area contributed by atoms with Gasteiger partial charge in [-0.15, -0.1) is 35.8 Å². The summed E-state index contributed by atoms with van der Waals surface area (Å²) in [4.78, 5) is 17.7. The minimum absolute atomic E-state index is 0.110. The molecule has 2 aromatic heterocycles. The molecular weight excluding hydrogens is 545 g/mol. The van der Waals surface area contributed by atoms with Gasteiger partial charge in [0.25, 0.3) is 10.0 Å². The van der Waals surface area contributed by atoms with Crippen LogP contribution in [0.1, 0.15) is 31.2 Å². The summed E-state index contributed by atoms with van der Waals surface area (Å²) >= 11 is 8.20. The Morgan fingerprint density at radius 2 is 1.94 bits per heavy atom. The first-order chi connectivity index (χ1) is 16.4. The summed E-state index contributed by atoms with van der Waals surface area (Å²) in [5, 5.41) is 2.43. The fraction of sp³-hybridized carbons (Fsp3) is 0.364. The van der Waals surface area contributed by atoms with Gasteiger partial charge >= 0.3 is 6.36 Å². The molecule has 0 bridgehead atoms. The summed E-state index contributed by atoms with van der Waals surface area (Å²) in [6, 6.07) is 8.34. The Morgan fingerprint density at radius 1 is 1.23 bits per heavy atom. The Kier molecular flexibility index (Phi) is 7.31. The first kappa shape index (κ1) is 26.1. The van der Waals surface area contributed by atoms with Gasteiger partial charge in [0.2, 0.25) is 0 Å². The van der Waals surface area contributed by atoms with Crippen molar-refractivity contribution in [2.75, 3.05) is 6.54 Å². The highest BCUT2D eigenvalue weighted by atomic mass is 35.5. The molecule has 6 nitrogen and oxygen atoms in total. The second-order valence-corrected chi connectivity index (χ2v) is 12.9. The molecule has 4 rings (SSSR count). The van der Waals surface area contributed by atoms with Crippen molar-refractivity contribution in [2.24, 2.45) is 0 Å². The van der Waals surface area contributed by atoms with Gasteiger partial charge in [0.1, 0.15) is 9.96 Å². The van der Waals surface area contributed by atoms with E-state index in [1.165, 1.54) is 52.0 Å². The average molecular weight is 565 g/mol. The number of aromatic nitrogens is 1. The largest absolute Gasteiger partial charge is 0.573 e. The maximum absolute atomic E-state index is 13.2. The third kappa shape index (κ3) is 5.72. The van der Waals surface area contributed by atoms with Crippen LogP contribution in [0.4, 0.5) is 13.2 Å². The van der Waals surface area contributed by atoms with Gasteiger partial charge in [-0.25, -0.2) is 13.4 Å². The highest BCUT2D eigenvalue weighted by Gasteiger charge is 2.49. The highest BCUT2D eigenvalue weighted by Crippen LogP contribution is 2.39. The average Bonchev–Trinajstić information content (AvgIpc) is 3.52. The van der Waals surface area contributed by atoms with Crippen LogP contribution in [0.2, 0.25) is 4.34 Å². The Bertz CT molecular complexity index is 1320. The molecule has 0 radical (unpaired) electrons. The number of carbonyl (C=O) groups is 1. The van der Waals surface area contributed by atoms with E-state index < -0.39 is 21.9 Å². The van der Waals surface area contributed by atoms with Crippen molar-refractivity contribution in [1.29, 1.82) is 0 Å².